The number of ether oxygens (including phenoxy) is 1. The van der Waals surface area contributed by atoms with Gasteiger partial charge in [-0.15, -0.1) is 0 Å². The Morgan fingerprint density at radius 1 is 1.10 bits per heavy atom. The van der Waals surface area contributed by atoms with Crippen LogP contribution in [-0.2, 0) is 6.42 Å². The number of hydrogen-bond donors (Lipinski definition) is 0. The van der Waals surface area contributed by atoms with Gasteiger partial charge in [0.2, 0.25) is 5.88 Å². The number of aromatic nitrogens is 1. The summed E-state index contributed by atoms with van der Waals surface area (Å²) in [7, 11) is 0. The number of pyridine rings is 1. The van der Waals surface area contributed by atoms with Gasteiger partial charge in [0, 0.05) is 18.2 Å². The molecule has 1 rings (SSSR count). The smallest absolute Gasteiger partial charge is 0.213 e. The van der Waals surface area contributed by atoms with Gasteiger partial charge in [-0.2, -0.15) is 0 Å². The summed E-state index contributed by atoms with van der Waals surface area (Å²) in [6.07, 6.45) is 9.13. The quantitative estimate of drug-likeness (QED) is 0.465. The summed E-state index contributed by atoms with van der Waals surface area (Å²) in [5, 5.41) is 0. The van der Waals surface area contributed by atoms with Crippen molar-refractivity contribution in [2.24, 2.45) is 11.8 Å². The number of unbranched alkanes of at least 4 members (excludes halogenated alkanes) is 1. The molecule has 0 N–H and O–H groups in total. The number of nitrogens with zero attached hydrogens (tertiary/aromatic N) is 1. The van der Waals surface area contributed by atoms with Gasteiger partial charge in [0.1, 0.15) is 0 Å². The van der Waals surface area contributed by atoms with Crippen molar-refractivity contribution in [3.63, 3.8) is 0 Å². The van der Waals surface area contributed by atoms with Crippen LogP contribution in [0.5, 0.6) is 5.88 Å². The first-order chi connectivity index (χ1) is 9.58. The summed E-state index contributed by atoms with van der Waals surface area (Å²) in [6.45, 7) is 9.56. The van der Waals surface area contributed by atoms with Crippen LogP contribution < -0.4 is 4.74 Å². The SMILES string of the molecule is CC(C)CCC/C=C/Cc1cccc(OCC(C)C)n1. The zero-order chi connectivity index (χ0) is 14.8. The van der Waals surface area contributed by atoms with E-state index < -0.39 is 0 Å². The third-order valence-electron chi connectivity index (χ3n) is 2.99. The molecule has 1 heterocycles. The maximum atomic E-state index is 5.64. The molecule has 0 aromatic carbocycles. The predicted molar refractivity (Wildman–Crippen MR) is 86.1 cm³/mol. The van der Waals surface area contributed by atoms with Crippen molar-refractivity contribution in [1.29, 1.82) is 0 Å². The van der Waals surface area contributed by atoms with E-state index in [4.69, 9.17) is 4.74 Å². The second-order valence-electron chi connectivity index (χ2n) is 6.17. The van der Waals surface area contributed by atoms with Crippen molar-refractivity contribution in [2.45, 2.75) is 53.4 Å². The fourth-order valence-electron chi connectivity index (χ4n) is 1.87. The number of rotatable bonds is 9. The normalized spacial score (nSPS) is 11.7. The highest BCUT2D eigenvalue weighted by Crippen LogP contribution is 2.10. The van der Waals surface area contributed by atoms with Gasteiger partial charge in [-0.05, 0) is 30.7 Å². The molecule has 0 radical (unpaired) electrons. The molecule has 1 aromatic rings. The molecule has 0 atom stereocenters. The first kappa shape index (κ1) is 16.7. The molecule has 0 aliphatic heterocycles. The lowest BCUT2D eigenvalue weighted by molar-refractivity contribution is 0.261. The lowest BCUT2D eigenvalue weighted by atomic mass is 10.1. The Balaban J connectivity index is 2.32. The van der Waals surface area contributed by atoms with E-state index in [1.165, 1.54) is 19.3 Å². The minimum Gasteiger partial charge on any atom is -0.477 e. The molecule has 0 amide bonds. The molecule has 0 saturated heterocycles. The lowest BCUT2D eigenvalue weighted by Crippen LogP contribution is -2.06. The second kappa shape index (κ2) is 9.57. The highest BCUT2D eigenvalue weighted by Gasteiger charge is 1.99. The first-order valence-electron chi connectivity index (χ1n) is 7.81. The fourth-order valence-corrected chi connectivity index (χ4v) is 1.87. The van der Waals surface area contributed by atoms with E-state index in [1.54, 1.807) is 0 Å². The van der Waals surface area contributed by atoms with Crippen LogP contribution >= 0.6 is 0 Å². The van der Waals surface area contributed by atoms with Crippen molar-refractivity contribution in [3.05, 3.63) is 36.0 Å². The molecule has 0 aliphatic carbocycles. The van der Waals surface area contributed by atoms with E-state index in [1.807, 2.05) is 12.1 Å². The molecule has 2 nitrogen and oxygen atoms in total. The molecule has 0 aliphatic rings. The summed E-state index contributed by atoms with van der Waals surface area (Å²) in [5.74, 6) is 2.07. The van der Waals surface area contributed by atoms with Crippen molar-refractivity contribution >= 4 is 0 Å². The van der Waals surface area contributed by atoms with E-state index in [0.29, 0.717) is 5.92 Å². The second-order valence-corrected chi connectivity index (χ2v) is 6.17. The molecule has 0 saturated carbocycles. The Morgan fingerprint density at radius 2 is 1.90 bits per heavy atom. The molecule has 112 valence electrons. The third-order valence-corrected chi connectivity index (χ3v) is 2.99. The predicted octanol–water partition coefficient (Wildman–Crippen LogP) is 5.04. The van der Waals surface area contributed by atoms with Crippen molar-refractivity contribution in [3.8, 4) is 5.88 Å². The van der Waals surface area contributed by atoms with Crippen LogP contribution in [0, 0.1) is 11.8 Å². The van der Waals surface area contributed by atoms with Gasteiger partial charge in [-0.1, -0.05) is 52.3 Å². The van der Waals surface area contributed by atoms with Crippen molar-refractivity contribution in [2.75, 3.05) is 6.61 Å². The van der Waals surface area contributed by atoms with Gasteiger partial charge in [-0.3, -0.25) is 0 Å². The van der Waals surface area contributed by atoms with Crippen molar-refractivity contribution in [1.82, 2.24) is 4.98 Å². The molecular weight excluding hydrogens is 246 g/mol. The third kappa shape index (κ3) is 7.98. The summed E-state index contributed by atoms with van der Waals surface area (Å²) < 4.78 is 5.64. The van der Waals surface area contributed by atoms with Gasteiger partial charge in [0.25, 0.3) is 0 Å². The maximum absolute atomic E-state index is 5.64. The standard InChI is InChI=1S/C18H29NO/c1-15(2)10-7-5-6-8-11-17-12-9-13-18(19-17)20-14-16(3)4/h6,8-9,12-13,15-16H,5,7,10-11,14H2,1-4H3/b8-6+. The molecule has 0 unspecified atom stereocenters. The average molecular weight is 275 g/mol. The summed E-state index contributed by atoms with van der Waals surface area (Å²) in [4.78, 5) is 4.52. The number of hydrogen-bond acceptors (Lipinski definition) is 2. The molecular formula is C18H29NO. The minimum atomic E-state index is 0.529. The average Bonchev–Trinajstić information content (AvgIpc) is 2.40. The molecule has 0 fully saturated rings. The van der Waals surface area contributed by atoms with Crippen LogP contribution in [0.1, 0.15) is 52.7 Å². The minimum absolute atomic E-state index is 0.529. The largest absolute Gasteiger partial charge is 0.477 e. The Morgan fingerprint density at radius 3 is 2.60 bits per heavy atom. The molecule has 1 aromatic heterocycles. The molecule has 2 heteroatoms. The monoisotopic (exact) mass is 275 g/mol. The van der Waals surface area contributed by atoms with Crippen LogP contribution in [0.25, 0.3) is 0 Å². The molecule has 0 spiro atoms. The maximum Gasteiger partial charge on any atom is 0.213 e. The van der Waals surface area contributed by atoms with Crippen LogP contribution in [0.4, 0.5) is 0 Å². The molecule has 0 bridgehead atoms. The zero-order valence-electron chi connectivity index (χ0n) is 13.4. The topological polar surface area (TPSA) is 22.1 Å². The van der Waals surface area contributed by atoms with Gasteiger partial charge >= 0.3 is 0 Å². The fraction of sp³-hybridized carbons (Fsp3) is 0.611. The lowest BCUT2D eigenvalue weighted by Gasteiger charge is -2.08. The summed E-state index contributed by atoms with van der Waals surface area (Å²) in [6, 6.07) is 6.00. The first-order valence-corrected chi connectivity index (χ1v) is 7.81. The van der Waals surface area contributed by atoms with Gasteiger partial charge in [0.15, 0.2) is 0 Å². The van der Waals surface area contributed by atoms with Crippen molar-refractivity contribution < 1.29 is 4.74 Å². The highest BCUT2D eigenvalue weighted by atomic mass is 16.5. The van der Waals surface area contributed by atoms with Gasteiger partial charge in [-0.25, -0.2) is 4.98 Å². The Bertz CT molecular complexity index is 396. The zero-order valence-corrected chi connectivity index (χ0v) is 13.4. The number of allylic oxidation sites excluding steroid dienone is 2. The van der Waals surface area contributed by atoms with E-state index in [0.717, 1.165) is 30.5 Å². The molecule has 20 heavy (non-hydrogen) atoms. The van der Waals surface area contributed by atoms with Gasteiger partial charge in [0.05, 0.1) is 6.61 Å². The Hall–Kier alpha value is -1.31. The summed E-state index contributed by atoms with van der Waals surface area (Å²) in [5.41, 5.74) is 1.08. The summed E-state index contributed by atoms with van der Waals surface area (Å²) >= 11 is 0. The Labute approximate surface area is 124 Å². The highest BCUT2D eigenvalue weighted by molar-refractivity contribution is 5.17. The van der Waals surface area contributed by atoms with Crippen LogP contribution in [0.15, 0.2) is 30.4 Å². The Kier molecular flexibility index (Phi) is 8.01. The van der Waals surface area contributed by atoms with Gasteiger partial charge < -0.3 is 4.74 Å². The van der Waals surface area contributed by atoms with E-state index >= 15 is 0 Å². The van der Waals surface area contributed by atoms with E-state index in [-0.39, 0.29) is 0 Å². The van der Waals surface area contributed by atoms with Crippen LogP contribution in [0.2, 0.25) is 0 Å². The van der Waals surface area contributed by atoms with Crippen LogP contribution in [-0.4, -0.2) is 11.6 Å². The van der Waals surface area contributed by atoms with E-state index in [2.05, 4.69) is 50.9 Å². The van der Waals surface area contributed by atoms with Crippen LogP contribution in [0.3, 0.4) is 0 Å². The van der Waals surface area contributed by atoms with E-state index in [9.17, 15) is 0 Å².